The van der Waals surface area contributed by atoms with Crippen molar-refractivity contribution >= 4 is 21.4 Å². The van der Waals surface area contributed by atoms with Gasteiger partial charge in [-0.2, -0.15) is 5.26 Å². The van der Waals surface area contributed by atoms with Gasteiger partial charge in [-0.1, -0.05) is 30.3 Å². The zero-order valence-electron chi connectivity index (χ0n) is 9.05. The number of hydrogen-bond acceptors (Lipinski definition) is 2. The molecule has 0 spiro atoms. The maximum absolute atomic E-state index is 8.90. The molecule has 2 heteroatoms. The maximum Gasteiger partial charge on any atom is 0.0991 e. The summed E-state index contributed by atoms with van der Waals surface area (Å²) in [5, 5.41) is 10.2. The van der Waals surface area contributed by atoms with E-state index in [1.807, 2.05) is 36.4 Å². The van der Waals surface area contributed by atoms with Gasteiger partial charge in [-0.05, 0) is 35.2 Å². The van der Waals surface area contributed by atoms with E-state index in [1.54, 1.807) is 11.3 Å². The highest BCUT2D eigenvalue weighted by molar-refractivity contribution is 7.22. The van der Waals surface area contributed by atoms with Gasteiger partial charge in [-0.3, -0.25) is 0 Å². The Morgan fingerprint density at radius 2 is 1.82 bits per heavy atom. The second-order valence-electron chi connectivity index (χ2n) is 3.84. The van der Waals surface area contributed by atoms with Crippen LogP contribution in [0.25, 0.3) is 20.5 Å². The first kappa shape index (κ1) is 10.1. The van der Waals surface area contributed by atoms with Gasteiger partial charge in [0.15, 0.2) is 0 Å². The molecule has 80 valence electrons. The van der Waals surface area contributed by atoms with Crippen molar-refractivity contribution in [2.45, 2.75) is 0 Å². The summed E-state index contributed by atoms with van der Waals surface area (Å²) < 4.78 is 1.28. The number of nitriles is 1. The molecular formula is C15H9NS. The second-order valence-corrected chi connectivity index (χ2v) is 4.92. The Balaban J connectivity index is 2.17. The lowest BCUT2D eigenvalue weighted by Crippen LogP contribution is -1.75. The predicted molar refractivity (Wildman–Crippen MR) is 72.0 cm³/mol. The SMILES string of the molecule is N#Cc1cccc(-c2cc3ccccc3s2)c1. The van der Waals surface area contributed by atoms with Crippen LogP contribution in [0.4, 0.5) is 0 Å². The molecule has 17 heavy (non-hydrogen) atoms. The average Bonchev–Trinajstić information content (AvgIpc) is 2.82. The number of hydrogen-bond donors (Lipinski definition) is 0. The summed E-state index contributed by atoms with van der Waals surface area (Å²) in [6.07, 6.45) is 0. The second kappa shape index (κ2) is 4.04. The third-order valence-corrected chi connectivity index (χ3v) is 3.87. The van der Waals surface area contributed by atoms with E-state index in [0.717, 1.165) is 5.56 Å². The van der Waals surface area contributed by atoms with Crippen LogP contribution in [-0.4, -0.2) is 0 Å². The number of benzene rings is 2. The summed E-state index contributed by atoms with van der Waals surface area (Å²) >= 11 is 1.76. The lowest BCUT2D eigenvalue weighted by atomic mass is 10.1. The molecule has 1 nitrogen and oxygen atoms in total. The molecule has 3 rings (SSSR count). The molecule has 0 radical (unpaired) electrons. The van der Waals surface area contributed by atoms with Crippen LogP contribution >= 0.6 is 11.3 Å². The number of fused-ring (bicyclic) bond motifs is 1. The minimum absolute atomic E-state index is 0.708. The largest absolute Gasteiger partial charge is 0.192 e. The first-order valence-corrected chi connectivity index (χ1v) is 6.17. The van der Waals surface area contributed by atoms with Gasteiger partial charge in [0.1, 0.15) is 0 Å². The Labute approximate surface area is 104 Å². The normalized spacial score (nSPS) is 10.3. The molecule has 0 saturated heterocycles. The standard InChI is InChI=1S/C15H9NS/c16-10-11-4-3-6-12(8-11)15-9-13-5-1-2-7-14(13)17-15/h1-9H. The van der Waals surface area contributed by atoms with Crippen LogP contribution in [0, 0.1) is 11.3 Å². The summed E-state index contributed by atoms with van der Waals surface area (Å²) in [5.74, 6) is 0. The van der Waals surface area contributed by atoms with Gasteiger partial charge in [0.25, 0.3) is 0 Å². The smallest absolute Gasteiger partial charge is 0.0991 e. The first-order valence-electron chi connectivity index (χ1n) is 5.36. The summed E-state index contributed by atoms with van der Waals surface area (Å²) in [5.41, 5.74) is 1.82. The van der Waals surface area contributed by atoms with E-state index in [2.05, 4.69) is 24.3 Å². The zero-order valence-corrected chi connectivity index (χ0v) is 9.87. The van der Waals surface area contributed by atoms with Crippen LogP contribution in [0.15, 0.2) is 54.6 Å². The Morgan fingerprint density at radius 3 is 2.65 bits per heavy atom. The van der Waals surface area contributed by atoms with Crippen LogP contribution in [0.2, 0.25) is 0 Å². The third kappa shape index (κ3) is 1.82. The van der Waals surface area contributed by atoms with Crippen molar-refractivity contribution in [1.29, 1.82) is 5.26 Å². The van der Waals surface area contributed by atoms with Crippen molar-refractivity contribution < 1.29 is 0 Å². The molecular weight excluding hydrogens is 226 g/mol. The van der Waals surface area contributed by atoms with Crippen molar-refractivity contribution in [2.24, 2.45) is 0 Å². The van der Waals surface area contributed by atoms with Gasteiger partial charge >= 0.3 is 0 Å². The number of thiophene rings is 1. The molecule has 2 aromatic carbocycles. The highest BCUT2D eigenvalue weighted by Crippen LogP contribution is 2.33. The topological polar surface area (TPSA) is 23.8 Å². The number of nitrogens with zero attached hydrogens (tertiary/aromatic N) is 1. The predicted octanol–water partition coefficient (Wildman–Crippen LogP) is 4.44. The van der Waals surface area contributed by atoms with Gasteiger partial charge < -0.3 is 0 Å². The van der Waals surface area contributed by atoms with Crippen LogP contribution in [0.1, 0.15) is 5.56 Å². The van der Waals surface area contributed by atoms with E-state index in [4.69, 9.17) is 5.26 Å². The molecule has 0 atom stereocenters. The van der Waals surface area contributed by atoms with E-state index in [9.17, 15) is 0 Å². The molecule has 1 heterocycles. The Hall–Kier alpha value is -2.11. The first-order chi connectivity index (χ1) is 8.36. The molecule has 0 aliphatic rings. The molecule has 0 aliphatic carbocycles. The molecule has 0 amide bonds. The number of rotatable bonds is 1. The van der Waals surface area contributed by atoms with Gasteiger partial charge in [0.05, 0.1) is 11.6 Å². The highest BCUT2D eigenvalue weighted by Gasteiger charge is 2.04. The van der Waals surface area contributed by atoms with Crippen molar-refractivity contribution in [3.05, 3.63) is 60.2 Å². The third-order valence-electron chi connectivity index (χ3n) is 2.70. The molecule has 0 N–H and O–H groups in total. The Bertz CT molecular complexity index is 686. The molecule has 0 saturated carbocycles. The van der Waals surface area contributed by atoms with Crippen LogP contribution in [0.5, 0.6) is 0 Å². The van der Waals surface area contributed by atoms with Crippen molar-refractivity contribution in [3.63, 3.8) is 0 Å². The molecule has 3 aromatic rings. The van der Waals surface area contributed by atoms with Crippen molar-refractivity contribution in [1.82, 2.24) is 0 Å². The lowest BCUT2D eigenvalue weighted by Gasteiger charge is -1.96. The van der Waals surface area contributed by atoms with Gasteiger partial charge in [-0.15, -0.1) is 11.3 Å². The molecule has 0 bridgehead atoms. The van der Waals surface area contributed by atoms with Crippen molar-refractivity contribution in [2.75, 3.05) is 0 Å². The molecule has 0 aliphatic heterocycles. The molecule has 0 fully saturated rings. The van der Waals surface area contributed by atoms with E-state index >= 15 is 0 Å². The summed E-state index contributed by atoms with van der Waals surface area (Å²) in [7, 11) is 0. The van der Waals surface area contributed by atoms with Crippen LogP contribution in [0.3, 0.4) is 0 Å². The zero-order chi connectivity index (χ0) is 11.7. The van der Waals surface area contributed by atoms with Crippen LogP contribution < -0.4 is 0 Å². The monoisotopic (exact) mass is 235 g/mol. The minimum atomic E-state index is 0.708. The highest BCUT2D eigenvalue weighted by atomic mass is 32.1. The van der Waals surface area contributed by atoms with E-state index < -0.39 is 0 Å². The van der Waals surface area contributed by atoms with Gasteiger partial charge in [-0.25, -0.2) is 0 Å². The fraction of sp³-hybridized carbons (Fsp3) is 0. The van der Waals surface area contributed by atoms with Crippen molar-refractivity contribution in [3.8, 4) is 16.5 Å². The summed E-state index contributed by atoms with van der Waals surface area (Å²) in [6.45, 7) is 0. The summed E-state index contributed by atoms with van der Waals surface area (Å²) in [4.78, 5) is 1.21. The van der Waals surface area contributed by atoms with E-state index in [-0.39, 0.29) is 0 Å². The van der Waals surface area contributed by atoms with Crippen LogP contribution in [-0.2, 0) is 0 Å². The quantitative estimate of drug-likeness (QED) is 0.611. The fourth-order valence-electron chi connectivity index (χ4n) is 1.87. The average molecular weight is 235 g/mol. The maximum atomic E-state index is 8.90. The van der Waals surface area contributed by atoms with Gasteiger partial charge in [0, 0.05) is 9.58 Å². The van der Waals surface area contributed by atoms with E-state index in [1.165, 1.54) is 15.0 Å². The Kier molecular flexibility index (Phi) is 2.40. The minimum Gasteiger partial charge on any atom is -0.192 e. The molecule has 1 aromatic heterocycles. The Morgan fingerprint density at radius 1 is 0.941 bits per heavy atom. The summed E-state index contributed by atoms with van der Waals surface area (Å²) in [6, 6.07) is 20.4. The van der Waals surface area contributed by atoms with Gasteiger partial charge in [0.2, 0.25) is 0 Å². The lowest BCUT2D eigenvalue weighted by molar-refractivity contribution is 1.49. The fourth-order valence-corrected chi connectivity index (χ4v) is 2.93. The molecule has 0 unspecified atom stereocenters. The van der Waals surface area contributed by atoms with E-state index in [0.29, 0.717) is 5.56 Å².